The molecular weight excluding hydrogens is 643 g/mol. The van der Waals surface area contributed by atoms with E-state index >= 15 is 0 Å². The van der Waals surface area contributed by atoms with Gasteiger partial charge in [0.1, 0.15) is 22.6 Å². The van der Waals surface area contributed by atoms with Crippen molar-refractivity contribution < 1.29 is 42.1 Å². The Kier molecular flexibility index (Phi) is 7.28. The van der Waals surface area contributed by atoms with E-state index < -0.39 is 29.5 Å². The molecule has 246 valence electrons. The summed E-state index contributed by atoms with van der Waals surface area (Å²) >= 11 is 6.42. The van der Waals surface area contributed by atoms with Crippen molar-refractivity contribution in [2.24, 2.45) is 11.7 Å². The Morgan fingerprint density at radius 3 is 2.60 bits per heavy atom. The van der Waals surface area contributed by atoms with Gasteiger partial charge >= 0.3 is 6.29 Å². The van der Waals surface area contributed by atoms with Gasteiger partial charge in [0.2, 0.25) is 11.7 Å². The van der Waals surface area contributed by atoms with Crippen molar-refractivity contribution in [3.8, 4) is 28.5 Å². The number of ether oxygens (including phenoxy) is 3. The van der Waals surface area contributed by atoms with Gasteiger partial charge in [-0.1, -0.05) is 11.6 Å². The first-order valence-corrected chi connectivity index (χ1v) is 15.4. The van der Waals surface area contributed by atoms with Crippen LogP contribution in [-0.4, -0.2) is 51.1 Å². The maximum Gasteiger partial charge on any atom is 0.586 e. The second kappa shape index (κ2) is 11.0. The number of nitrogens with two attached hydrogens (primary N) is 1. The average Bonchev–Trinajstić information content (AvgIpc) is 3.93. The van der Waals surface area contributed by atoms with Crippen molar-refractivity contribution in [3.63, 3.8) is 0 Å². The number of hydrogen-bond acceptors (Lipinski definition) is 8. The van der Waals surface area contributed by atoms with Crippen molar-refractivity contribution >= 4 is 34.3 Å². The molecule has 2 aliphatic carbocycles. The minimum atomic E-state index is -3.84. The molecule has 0 bridgehead atoms. The molecule has 0 saturated heterocycles. The van der Waals surface area contributed by atoms with Crippen LogP contribution in [0.3, 0.4) is 0 Å². The standard InChI is InChI=1S/C32H29ClF3N5O6/c1-2-45-28-17(13-25(37)42)12-24(39-27(28)16-3-6-22-23(11-16)47-32(35,36)46-22)31(44,20-4-5-20)15-38-29(43)18-9-19-14-41(30(34)7-8-30)40-26(19)21(33)10-18/h3,6,9-12,14,20,44H,2,4-5,7-8,13,15H2,1H3,(H2,37,42)(H,38,43)/t31-/m1/s1. The number of fused-ring (bicyclic) bond motifs is 2. The Labute approximate surface area is 270 Å². The molecule has 11 nitrogen and oxygen atoms in total. The number of aromatic nitrogens is 3. The number of rotatable bonds is 11. The van der Waals surface area contributed by atoms with E-state index in [4.69, 9.17) is 27.1 Å². The minimum Gasteiger partial charge on any atom is -0.491 e. The maximum absolute atomic E-state index is 14.6. The number of carbonyl (C=O) groups is 2. The van der Waals surface area contributed by atoms with Crippen molar-refractivity contribution in [2.45, 2.75) is 56.7 Å². The number of nitrogens with zero attached hydrogens (tertiary/aromatic N) is 3. The summed E-state index contributed by atoms with van der Waals surface area (Å²) in [6.45, 7) is 1.62. The van der Waals surface area contributed by atoms with E-state index in [1.165, 1.54) is 41.2 Å². The Balaban J connectivity index is 1.24. The van der Waals surface area contributed by atoms with Gasteiger partial charge in [-0.2, -0.15) is 5.10 Å². The number of primary amides is 1. The van der Waals surface area contributed by atoms with Gasteiger partial charge in [-0.15, -0.1) is 8.78 Å². The molecule has 0 radical (unpaired) electrons. The third kappa shape index (κ3) is 5.80. The van der Waals surface area contributed by atoms with Crippen LogP contribution in [0.1, 0.15) is 54.2 Å². The summed E-state index contributed by atoms with van der Waals surface area (Å²) in [4.78, 5) is 30.3. The van der Waals surface area contributed by atoms with Gasteiger partial charge in [-0.05, 0) is 62.1 Å². The third-order valence-corrected chi connectivity index (χ3v) is 8.78. The number of pyridine rings is 1. The van der Waals surface area contributed by atoms with E-state index in [1.807, 2.05) is 0 Å². The van der Waals surface area contributed by atoms with Gasteiger partial charge < -0.3 is 30.4 Å². The number of carbonyl (C=O) groups excluding carboxylic acids is 2. The van der Waals surface area contributed by atoms with Gasteiger partial charge in [0, 0.05) is 41.1 Å². The second-order valence-electron chi connectivity index (χ2n) is 12.0. The summed E-state index contributed by atoms with van der Waals surface area (Å²) in [5.74, 6) is -3.32. The lowest BCUT2D eigenvalue weighted by Crippen LogP contribution is -2.43. The Morgan fingerprint density at radius 2 is 1.91 bits per heavy atom. The van der Waals surface area contributed by atoms with Gasteiger partial charge in [-0.25, -0.2) is 14.1 Å². The minimum absolute atomic E-state index is 0.116. The van der Waals surface area contributed by atoms with E-state index in [2.05, 4.69) is 19.9 Å². The molecule has 3 heterocycles. The van der Waals surface area contributed by atoms with Crippen LogP contribution < -0.4 is 25.3 Å². The Morgan fingerprint density at radius 1 is 1.17 bits per heavy atom. The molecule has 3 aliphatic rings. The predicted octanol–water partition coefficient (Wildman–Crippen LogP) is 4.94. The summed E-state index contributed by atoms with van der Waals surface area (Å²) in [5.41, 5.74) is 5.24. The molecule has 0 unspecified atom stereocenters. The normalized spacial score (nSPS) is 18.5. The molecule has 47 heavy (non-hydrogen) atoms. The fraction of sp³-hybridized carbons (Fsp3) is 0.375. The van der Waals surface area contributed by atoms with E-state index in [0.717, 1.165) is 0 Å². The molecule has 2 aromatic carbocycles. The van der Waals surface area contributed by atoms with Gasteiger partial charge in [0.15, 0.2) is 11.5 Å². The van der Waals surface area contributed by atoms with Crippen LogP contribution in [0.15, 0.2) is 42.6 Å². The second-order valence-corrected chi connectivity index (χ2v) is 12.4. The first kappa shape index (κ1) is 31.1. The summed E-state index contributed by atoms with van der Waals surface area (Å²) in [6, 6.07) is 8.54. The number of alkyl halides is 3. The molecule has 4 N–H and O–H groups in total. The van der Waals surface area contributed by atoms with Crippen molar-refractivity contribution in [1.29, 1.82) is 0 Å². The number of nitrogens with one attached hydrogen (secondary N) is 1. The summed E-state index contributed by atoms with van der Waals surface area (Å²) < 4.78 is 58.4. The molecule has 2 aromatic heterocycles. The Hall–Kier alpha value is -4.56. The molecule has 1 aliphatic heterocycles. The van der Waals surface area contributed by atoms with Crippen molar-refractivity contribution in [1.82, 2.24) is 20.1 Å². The lowest BCUT2D eigenvalue weighted by atomic mass is 9.90. The van der Waals surface area contributed by atoms with Crippen LogP contribution in [0.5, 0.6) is 17.2 Å². The highest BCUT2D eigenvalue weighted by atomic mass is 35.5. The van der Waals surface area contributed by atoms with Crippen LogP contribution in [0.2, 0.25) is 5.02 Å². The SMILES string of the molecule is CCOc1c(CC(N)=O)cc([C@@](O)(CNC(=O)c2cc(Cl)c3nn(C4(F)CC4)cc3c2)C2CC2)nc1-c1ccc2c(c1)OC(F)(F)O2. The topological polar surface area (TPSA) is 151 Å². The summed E-state index contributed by atoms with van der Waals surface area (Å²) in [6.07, 6.45) is -0.667. The lowest BCUT2D eigenvalue weighted by Gasteiger charge is -2.30. The van der Waals surface area contributed by atoms with Crippen molar-refractivity contribution in [3.05, 3.63) is 64.4 Å². The van der Waals surface area contributed by atoms with Crippen LogP contribution in [0, 0.1) is 5.92 Å². The average molecular weight is 672 g/mol. The fourth-order valence-corrected chi connectivity index (χ4v) is 6.07. The largest absolute Gasteiger partial charge is 0.586 e. The highest BCUT2D eigenvalue weighted by Crippen LogP contribution is 2.49. The van der Waals surface area contributed by atoms with E-state index in [1.54, 1.807) is 13.0 Å². The number of aliphatic hydroxyl groups is 1. The first-order valence-electron chi connectivity index (χ1n) is 15.0. The predicted molar refractivity (Wildman–Crippen MR) is 162 cm³/mol. The zero-order valence-electron chi connectivity index (χ0n) is 25.0. The summed E-state index contributed by atoms with van der Waals surface area (Å²) in [5, 5.41) is 19.8. The molecule has 2 amide bonds. The molecule has 7 rings (SSSR count). The van der Waals surface area contributed by atoms with E-state index in [-0.39, 0.29) is 70.3 Å². The number of amides is 2. The molecule has 4 aromatic rings. The zero-order valence-corrected chi connectivity index (χ0v) is 25.7. The molecule has 0 spiro atoms. The Bertz CT molecular complexity index is 1950. The smallest absolute Gasteiger partial charge is 0.491 e. The fourth-order valence-electron chi connectivity index (χ4n) is 5.81. The molecular formula is C32H29ClF3N5O6. The zero-order chi connectivity index (χ0) is 33.3. The molecule has 15 heteroatoms. The van der Waals surface area contributed by atoms with Gasteiger partial charge in [-0.3, -0.25) is 9.59 Å². The third-order valence-electron chi connectivity index (χ3n) is 8.49. The highest BCUT2D eigenvalue weighted by molar-refractivity contribution is 6.35. The van der Waals surface area contributed by atoms with Crippen LogP contribution >= 0.6 is 11.6 Å². The molecule has 2 saturated carbocycles. The van der Waals surface area contributed by atoms with Crippen LogP contribution in [0.25, 0.3) is 22.2 Å². The number of benzene rings is 2. The summed E-state index contributed by atoms with van der Waals surface area (Å²) in [7, 11) is 0. The quantitative estimate of drug-likeness (QED) is 0.203. The van der Waals surface area contributed by atoms with Crippen LogP contribution in [-0.2, 0) is 22.6 Å². The first-order chi connectivity index (χ1) is 22.3. The molecule has 2 fully saturated rings. The number of halogens is 4. The maximum atomic E-state index is 14.6. The van der Waals surface area contributed by atoms with Crippen molar-refractivity contribution in [2.75, 3.05) is 13.2 Å². The van der Waals surface area contributed by atoms with E-state index in [9.17, 15) is 27.9 Å². The van der Waals surface area contributed by atoms with Gasteiger partial charge in [0.25, 0.3) is 5.91 Å². The lowest BCUT2D eigenvalue weighted by molar-refractivity contribution is -0.286. The molecule has 1 atom stereocenters. The van der Waals surface area contributed by atoms with E-state index in [0.29, 0.717) is 42.1 Å². The highest BCUT2D eigenvalue weighted by Gasteiger charge is 2.48. The number of hydrogen-bond donors (Lipinski definition) is 3. The monoisotopic (exact) mass is 671 g/mol. The van der Waals surface area contributed by atoms with Gasteiger partial charge in [0.05, 0.1) is 30.3 Å². The van der Waals surface area contributed by atoms with Crippen LogP contribution in [0.4, 0.5) is 13.2 Å².